The van der Waals surface area contributed by atoms with Gasteiger partial charge in [-0.05, 0) is 97.5 Å². The molecule has 1 saturated carbocycles. The van der Waals surface area contributed by atoms with Gasteiger partial charge in [-0.25, -0.2) is 0 Å². The van der Waals surface area contributed by atoms with Crippen LogP contribution >= 0.6 is 0 Å². The molecule has 2 aliphatic carbocycles. The average Bonchev–Trinajstić information content (AvgIpc) is 3.21. The Morgan fingerprint density at radius 1 is 1.05 bits per heavy atom. The van der Waals surface area contributed by atoms with Gasteiger partial charge in [0.2, 0.25) is 5.79 Å². The number of aromatic hydroxyl groups is 1. The molecule has 3 aromatic rings. The molecule has 3 N–H and O–H groups in total. The highest BCUT2D eigenvalue weighted by molar-refractivity contribution is 6.03. The smallest absolute Gasteiger partial charge is 0.254 e. The first-order chi connectivity index (χ1) is 26.9. The predicted octanol–water partition coefficient (Wildman–Crippen LogP) is 7.65. The molecule has 0 unspecified atom stereocenters. The molecule has 3 aliphatic rings. The third kappa shape index (κ3) is 8.50. The summed E-state index contributed by atoms with van der Waals surface area (Å²) in [6.07, 6.45) is 9.50. The monoisotopic (exact) mass is 747 g/mol. The minimum absolute atomic E-state index is 0.0502. The van der Waals surface area contributed by atoms with Gasteiger partial charge in [-0.3, -0.25) is 4.79 Å². The molecule has 10 heteroatoms. The fourth-order valence-electron chi connectivity index (χ4n) is 8.91. The number of carbonyl (C=O) groups excluding carboxylic acids is 1. The second-order valence-electron chi connectivity index (χ2n) is 14.7. The number of carbonyl (C=O) groups is 1. The number of hydrogen-bond acceptors (Lipinski definition) is 9. The number of aliphatic hydroxyl groups excluding tert-OH is 2. The van der Waals surface area contributed by atoms with Gasteiger partial charge >= 0.3 is 0 Å². The number of phenolic OH excluding ortho intramolecular Hbond substituents is 1. The van der Waals surface area contributed by atoms with E-state index < -0.39 is 17.7 Å². The molecule has 0 bridgehead atoms. The maximum absolute atomic E-state index is 14.8. The Bertz CT molecular complexity index is 1870. The number of ether oxygens (including phenoxy) is 2. The number of phenols is 1. The molecule has 0 aromatic heterocycles. The highest BCUT2D eigenvalue weighted by Crippen LogP contribution is 2.62. The summed E-state index contributed by atoms with van der Waals surface area (Å²) in [7, 11) is 0. The summed E-state index contributed by atoms with van der Waals surface area (Å²) in [5.41, 5.74) is 4.37. The number of nitriles is 1. The molecule has 0 saturated heterocycles. The Kier molecular flexibility index (Phi) is 13.4. The van der Waals surface area contributed by atoms with Crippen LogP contribution in [-0.2, 0) is 16.2 Å². The average molecular weight is 748 g/mol. The van der Waals surface area contributed by atoms with Crippen LogP contribution in [-0.4, -0.2) is 70.0 Å². The first-order valence-corrected chi connectivity index (χ1v) is 19.6. The first kappa shape index (κ1) is 39.7. The number of allylic oxidation sites excluding steroid dienone is 1. The fourth-order valence-corrected chi connectivity index (χ4v) is 8.91. The third-order valence-corrected chi connectivity index (χ3v) is 11.3. The van der Waals surface area contributed by atoms with E-state index >= 15 is 0 Å². The van der Waals surface area contributed by atoms with Gasteiger partial charge in [0.15, 0.2) is 0 Å². The lowest BCUT2D eigenvalue weighted by Gasteiger charge is -2.60. The maximum Gasteiger partial charge on any atom is 0.254 e. The van der Waals surface area contributed by atoms with E-state index in [2.05, 4.69) is 18.7 Å². The third-order valence-electron chi connectivity index (χ3n) is 11.3. The van der Waals surface area contributed by atoms with Crippen molar-refractivity contribution in [1.29, 1.82) is 5.26 Å². The molecule has 1 aliphatic heterocycles. The number of fused-ring (bicyclic) bond motifs is 2. The molecular formula is C45H53N3O7. The lowest BCUT2D eigenvalue weighted by atomic mass is 9.55. The van der Waals surface area contributed by atoms with Crippen LogP contribution in [0.1, 0.15) is 91.3 Å². The molecule has 6 atom stereocenters. The Balaban J connectivity index is 1.57. The highest BCUT2D eigenvalue weighted by Gasteiger charge is 2.65. The van der Waals surface area contributed by atoms with Gasteiger partial charge in [-0.2, -0.15) is 5.26 Å². The van der Waals surface area contributed by atoms with Crippen molar-refractivity contribution in [1.82, 2.24) is 4.90 Å². The summed E-state index contributed by atoms with van der Waals surface area (Å²) in [6.45, 7) is 7.02. The van der Waals surface area contributed by atoms with Crippen LogP contribution in [0.15, 0.2) is 102 Å². The van der Waals surface area contributed by atoms with Crippen molar-refractivity contribution in [2.75, 3.05) is 26.4 Å². The lowest BCUT2D eigenvalue weighted by Crippen LogP contribution is -2.70. The van der Waals surface area contributed by atoms with E-state index in [1.54, 1.807) is 48.5 Å². The van der Waals surface area contributed by atoms with Crippen molar-refractivity contribution < 1.29 is 34.4 Å². The zero-order valence-electron chi connectivity index (χ0n) is 31.7. The standard InChI is InChI=1S/C45H53N3O7/c1-3-22-48(44(52)33-18-16-31(29-46)17-19-33)41-28-39(47-54-30-32-12-6-5-7-13-32)37-26-34(14-8-10-23-49)36(15-9-11-24-50)42-38-27-35(51)20-21-40(38)55-45(41,43(37)42)53-25-4-2/h4-7,12-13,16-21,26-27,34,36,41-43,49-51H,2-3,8-11,14-15,22-25,28,30H2,1H3/t34-,36+,41-,42+,43+,45+/m0/s1. The number of aliphatic hydroxyl groups is 2. The second-order valence-corrected chi connectivity index (χ2v) is 14.7. The zero-order chi connectivity index (χ0) is 38.8. The second kappa shape index (κ2) is 18.6. The van der Waals surface area contributed by atoms with Crippen LogP contribution in [0.5, 0.6) is 11.5 Å². The van der Waals surface area contributed by atoms with Crippen molar-refractivity contribution in [2.45, 2.75) is 82.6 Å². The Hall–Kier alpha value is -4.95. The molecule has 0 radical (unpaired) electrons. The number of amides is 1. The van der Waals surface area contributed by atoms with Gasteiger partial charge in [0, 0.05) is 43.2 Å². The Morgan fingerprint density at radius 3 is 2.49 bits per heavy atom. The minimum Gasteiger partial charge on any atom is -0.508 e. The highest BCUT2D eigenvalue weighted by atomic mass is 16.7. The quantitative estimate of drug-likeness (QED) is 0.0684. The Labute approximate surface area is 324 Å². The number of oxime groups is 1. The van der Waals surface area contributed by atoms with Crippen molar-refractivity contribution >= 4 is 11.6 Å². The predicted molar refractivity (Wildman–Crippen MR) is 210 cm³/mol. The van der Waals surface area contributed by atoms with Gasteiger partial charge in [0.25, 0.3) is 5.91 Å². The summed E-state index contributed by atoms with van der Waals surface area (Å²) in [5.74, 6) is -1.48. The number of benzene rings is 3. The summed E-state index contributed by atoms with van der Waals surface area (Å²) < 4.78 is 14.2. The van der Waals surface area contributed by atoms with Crippen molar-refractivity contribution in [2.24, 2.45) is 22.9 Å². The maximum atomic E-state index is 14.8. The van der Waals surface area contributed by atoms with E-state index in [9.17, 15) is 25.4 Å². The number of hydrogen-bond donors (Lipinski definition) is 3. The van der Waals surface area contributed by atoms with Crippen LogP contribution in [0.4, 0.5) is 0 Å². The van der Waals surface area contributed by atoms with Crippen LogP contribution in [0.25, 0.3) is 0 Å². The number of unbranched alkanes of at least 4 members (excludes halogenated alkanes) is 2. The molecule has 1 heterocycles. The molecule has 290 valence electrons. The molecule has 3 aromatic carbocycles. The van der Waals surface area contributed by atoms with Crippen LogP contribution in [0.3, 0.4) is 0 Å². The lowest BCUT2D eigenvalue weighted by molar-refractivity contribution is -0.254. The van der Waals surface area contributed by atoms with Crippen molar-refractivity contribution in [3.8, 4) is 17.6 Å². The zero-order valence-corrected chi connectivity index (χ0v) is 31.7. The van der Waals surface area contributed by atoms with Crippen LogP contribution in [0, 0.1) is 29.1 Å². The molecular weight excluding hydrogens is 695 g/mol. The van der Waals surface area contributed by atoms with Crippen molar-refractivity contribution in [3.63, 3.8) is 0 Å². The first-order valence-electron chi connectivity index (χ1n) is 19.6. The summed E-state index contributed by atoms with van der Waals surface area (Å²) >= 11 is 0. The van der Waals surface area contributed by atoms with Crippen molar-refractivity contribution in [3.05, 3.63) is 119 Å². The van der Waals surface area contributed by atoms with Gasteiger partial charge in [-0.1, -0.05) is 67.4 Å². The van der Waals surface area contributed by atoms with Crippen LogP contribution in [0.2, 0.25) is 0 Å². The van der Waals surface area contributed by atoms with Gasteiger partial charge in [-0.15, -0.1) is 6.58 Å². The number of rotatable bonds is 18. The molecule has 0 spiro atoms. The largest absolute Gasteiger partial charge is 0.508 e. The Morgan fingerprint density at radius 2 is 1.80 bits per heavy atom. The van der Waals surface area contributed by atoms with E-state index in [0.29, 0.717) is 48.4 Å². The van der Waals surface area contributed by atoms with Gasteiger partial charge < -0.3 is 34.5 Å². The van der Waals surface area contributed by atoms with E-state index in [0.717, 1.165) is 42.4 Å². The van der Waals surface area contributed by atoms with E-state index in [1.807, 2.05) is 42.2 Å². The number of nitrogens with zero attached hydrogens (tertiary/aromatic N) is 3. The molecule has 1 amide bonds. The topological polar surface area (TPSA) is 145 Å². The molecule has 10 nitrogen and oxygen atoms in total. The summed E-state index contributed by atoms with van der Waals surface area (Å²) in [5, 5.41) is 44.9. The molecule has 1 fully saturated rings. The normalized spacial score (nSPS) is 24.4. The fraction of sp³-hybridized carbons (Fsp3) is 0.444. The van der Waals surface area contributed by atoms with Gasteiger partial charge in [0.1, 0.15) is 24.1 Å². The van der Waals surface area contributed by atoms with Gasteiger partial charge in [0.05, 0.1) is 29.9 Å². The van der Waals surface area contributed by atoms with Crippen LogP contribution < -0.4 is 4.74 Å². The van der Waals surface area contributed by atoms with E-state index in [1.165, 1.54) is 0 Å². The summed E-state index contributed by atoms with van der Waals surface area (Å²) in [4.78, 5) is 22.7. The molecule has 6 rings (SSSR count). The summed E-state index contributed by atoms with van der Waals surface area (Å²) in [6, 6.07) is 23.2. The van der Waals surface area contributed by atoms with E-state index in [4.69, 9.17) is 19.5 Å². The van der Waals surface area contributed by atoms with E-state index in [-0.39, 0.29) is 62.3 Å². The minimum atomic E-state index is -1.39. The molecule has 55 heavy (non-hydrogen) atoms. The SMILES string of the molecule is C=CCO[C@@]12Oc3ccc(O)cc3[C@H]3[C@H](CCCCO)[C@@H](CCCCO)C=C(C(=NOCc4ccccc4)C[C@@H]1N(CCC)C(=O)c1ccc(C#N)cc1)[C@H]32.